The maximum Gasteiger partial charge on any atom is 0.144 e. The van der Waals surface area contributed by atoms with Crippen molar-refractivity contribution in [3.05, 3.63) is 51.8 Å². The molecule has 4 nitrogen and oxygen atoms in total. The van der Waals surface area contributed by atoms with Gasteiger partial charge in [0.15, 0.2) is 0 Å². The van der Waals surface area contributed by atoms with Crippen LogP contribution in [-0.4, -0.2) is 9.78 Å². The van der Waals surface area contributed by atoms with Gasteiger partial charge in [-0.2, -0.15) is 10.4 Å². The van der Waals surface area contributed by atoms with Crippen molar-refractivity contribution in [2.45, 2.75) is 38.8 Å². The van der Waals surface area contributed by atoms with Crippen molar-refractivity contribution in [2.75, 3.05) is 0 Å². The number of nitriles is 1. The van der Waals surface area contributed by atoms with E-state index in [4.69, 9.17) is 5.26 Å². The lowest BCUT2D eigenvalue weighted by Crippen LogP contribution is -2.17. The van der Waals surface area contributed by atoms with E-state index in [2.05, 4.69) is 10.4 Å². The van der Waals surface area contributed by atoms with Crippen molar-refractivity contribution < 1.29 is 8.78 Å². The minimum atomic E-state index is -0.817. The summed E-state index contributed by atoms with van der Waals surface area (Å²) >= 11 is 0. The number of aryl methyl sites for hydroxylation is 2. The fourth-order valence-corrected chi connectivity index (χ4v) is 3.13. The summed E-state index contributed by atoms with van der Waals surface area (Å²) in [6.45, 7) is 0.932. The van der Waals surface area contributed by atoms with E-state index in [-0.39, 0.29) is 0 Å². The Labute approximate surface area is 133 Å². The Balaban J connectivity index is 1.69. The Bertz CT molecular complexity index is 751. The number of nitrogens with one attached hydrogen (secondary N) is 1. The third kappa shape index (κ3) is 3.10. The molecule has 120 valence electrons. The van der Waals surface area contributed by atoms with Gasteiger partial charge in [-0.25, -0.2) is 8.78 Å². The Morgan fingerprint density at radius 1 is 1.22 bits per heavy atom. The zero-order chi connectivity index (χ0) is 16.4. The second-order valence-electron chi connectivity index (χ2n) is 5.85. The van der Waals surface area contributed by atoms with Gasteiger partial charge >= 0.3 is 0 Å². The van der Waals surface area contributed by atoms with Crippen molar-refractivity contribution in [3.8, 4) is 6.07 Å². The number of fused-ring (bicyclic) bond motifs is 1. The third-order valence-electron chi connectivity index (χ3n) is 4.28. The summed E-state index contributed by atoms with van der Waals surface area (Å²) < 4.78 is 29.1. The zero-order valence-corrected chi connectivity index (χ0v) is 13.0. The molecule has 1 aromatic carbocycles. The van der Waals surface area contributed by atoms with Crippen LogP contribution >= 0.6 is 0 Å². The van der Waals surface area contributed by atoms with Crippen LogP contribution in [0.2, 0.25) is 0 Å². The molecule has 6 heteroatoms. The maximum atomic E-state index is 13.6. The number of hydrogen-bond donors (Lipinski definition) is 1. The summed E-state index contributed by atoms with van der Waals surface area (Å²) in [5.74, 6) is -1.63. The van der Waals surface area contributed by atoms with E-state index in [1.165, 1.54) is 42.3 Å². The molecule has 0 radical (unpaired) electrons. The highest BCUT2D eigenvalue weighted by atomic mass is 19.1. The molecule has 0 fully saturated rings. The number of halogens is 2. The molecule has 1 aliphatic rings. The topological polar surface area (TPSA) is 53.6 Å². The third-order valence-corrected chi connectivity index (χ3v) is 4.28. The average molecular weight is 316 g/mol. The number of rotatable bonds is 4. The van der Waals surface area contributed by atoms with Crippen molar-refractivity contribution in [1.82, 2.24) is 15.1 Å². The van der Waals surface area contributed by atoms with Crippen LogP contribution in [0.5, 0.6) is 0 Å². The molecule has 0 saturated heterocycles. The largest absolute Gasteiger partial charge is 0.307 e. The Hall–Kier alpha value is -2.26. The normalized spacial score (nSPS) is 13.7. The molecule has 1 N–H and O–H groups in total. The molecule has 1 aromatic heterocycles. The second-order valence-corrected chi connectivity index (χ2v) is 5.85. The maximum absolute atomic E-state index is 13.6. The summed E-state index contributed by atoms with van der Waals surface area (Å²) in [4.78, 5) is 0. The van der Waals surface area contributed by atoms with E-state index in [9.17, 15) is 8.78 Å². The molecule has 0 amide bonds. The molecule has 0 unspecified atom stereocenters. The predicted octanol–water partition coefficient (Wildman–Crippen LogP) is 2.74. The lowest BCUT2D eigenvalue weighted by molar-refractivity contribution is 0.566. The van der Waals surface area contributed by atoms with Gasteiger partial charge in [-0.15, -0.1) is 0 Å². The molecule has 1 heterocycles. The van der Waals surface area contributed by atoms with Gasteiger partial charge in [0.2, 0.25) is 0 Å². The first kappa shape index (κ1) is 15.6. The van der Waals surface area contributed by atoms with Gasteiger partial charge in [-0.1, -0.05) is 0 Å². The summed E-state index contributed by atoms with van der Waals surface area (Å²) in [7, 11) is 1.93. The lowest BCUT2D eigenvalue weighted by Gasteiger charge is -2.12. The zero-order valence-electron chi connectivity index (χ0n) is 13.0. The Kier molecular flexibility index (Phi) is 4.39. The van der Waals surface area contributed by atoms with Crippen LogP contribution in [0.4, 0.5) is 8.78 Å². The standard InChI is InChI=1S/C17H18F2N4/c1-23-17(12-4-2-3-5-16(12)22-23)10-21-9-11-6-14(18)13(8-20)15(19)7-11/h6-7,21H,2-5,9-10H2,1H3. The summed E-state index contributed by atoms with van der Waals surface area (Å²) in [6, 6.07) is 3.93. The minimum Gasteiger partial charge on any atom is -0.307 e. The summed E-state index contributed by atoms with van der Waals surface area (Å²) in [6.07, 6.45) is 4.42. The minimum absolute atomic E-state index is 0.333. The van der Waals surface area contributed by atoms with Crippen molar-refractivity contribution >= 4 is 0 Å². The van der Waals surface area contributed by atoms with E-state index in [1.807, 2.05) is 11.7 Å². The van der Waals surface area contributed by atoms with E-state index in [0.717, 1.165) is 18.5 Å². The van der Waals surface area contributed by atoms with Gasteiger partial charge in [0.05, 0.1) is 11.4 Å². The molecular formula is C17H18F2N4. The highest BCUT2D eigenvalue weighted by molar-refractivity contribution is 5.35. The van der Waals surface area contributed by atoms with Crippen molar-refractivity contribution in [1.29, 1.82) is 5.26 Å². The highest BCUT2D eigenvalue weighted by Gasteiger charge is 2.18. The molecule has 0 spiro atoms. The predicted molar refractivity (Wildman–Crippen MR) is 81.5 cm³/mol. The van der Waals surface area contributed by atoms with Crippen LogP contribution in [0.15, 0.2) is 12.1 Å². The van der Waals surface area contributed by atoms with Gasteiger partial charge < -0.3 is 5.32 Å². The molecule has 2 aromatic rings. The molecule has 23 heavy (non-hydrogen) atoms. The van der Waals surface area contributed by atoms with Gasteiger partial charge in [0.25, 0.3) is 0 Å². The summed E-state index contributed by atoms with van der Waals surface area (Å²) in [5, 5.41) is 16.4. The van der Waals surface area contributed by atoms with Crippen molar-refractivity contribution in [2.24, 2.45) is 7.05 Å². The highest BCUT2D eigenvalue weighted by Crippen LogP contribution is 2.23. The summed E-state index contributed by atoms with van der Waals surface area (Å²) in [5.41, 5.74) is 3.56. The second kappa shape index (κ2) is 6.47. The first-order valence-corrected chi connectivity index (χ1v) is 7.72. The number of benzene rings is 1. The van der Waals surface area contributed by atoms with Crippen LogP contribution in [-0.2, 0) is 33.0 Å². The molecule has 3 rings (SSSR count). The van der Waals surface area contributed by atoms with E-state index in [1.54, 1.807) is 0 Å². The Morgan fingerprint density at radius 2 is 1.91 bits per heavy atom. The van der Waals surface area contributed by atoms with E-state index < -0.39 is 17.2 Å². The number of aromatic nitrogens is 2. The molecule has 0 atom stereocenters. The first-order chi connectivity index (χ1) is 11.1. The van der Waals surface area contributed by atoms with Crippen LogP contribution in [0.25, 0.3) is 0 Å². The molecule has 1 aliphatic carbocycles. The smallest absolute Gasteiger partial charge is 0.144 e. The molecular weight excluding hydrogens is 298 g/mol. The molecule has 0 aliphatic heterocycles. The van der Waals surface area contributed by atoms with Crippen LogP contribution in [0.1, 0.15) is 40.9 Å². The van der Waals surface area contributed by atoms with E-state index >= 15 is 0 Å². The lowest BCUT2D eigenvalue weighted by atomic mass is 9.96. The average Bonchev–Trinajstić information content (AvgIpc) is 2.83. The van der Waals surface area contributed by atoms with Gasteiger partial charge in [-0.05, 0) is 48.9 Å². The Morgan fingerprint density at radius 3 is 2.61 bits per heavy atom. The van der Waals surface area contributed by atoms with Crippen LogP contribution in [0, 0.1) is 23.0 Å². The van der Waals surface area contributed by atoms with Crippen LogP contribution < -0.4 is 5.32 Å². The first-order valence-electron chi connectivity index (χ1n) is 7.72. The SMILES string of the molecule is Cn1nc2c(c1CNCc1cc(F)c(C#N)c(F)c1)CCCC2. The van der Waals surface area contributed by atoms with E-state index in [0.29, 0.717) is 18.7 Å². The number of hydrogen-bond acceptors (Lipinski definition) is 3. The van der Waals surface area contributed by atoms with Crippen LogP contribution in [0.3, 0.4) is 0 Å². The molecule has 0 bridgehead atoms. The van der Waals surface area contributed by atoms with Gasteiger partial charge in [-0.3, -0.25) is 4.68 Å². The van der Waals surface area contributed by atoms with Crippen molar-refractivity contribution in [3.63, 3.8) is 0 Å². The fourth-order valence-electron chi connectivity index (χ4n) is 3.13. The number of nitrogens with zero attached hydrogens (tertiary/aromatic N) is 3. The van der Waals surface area contributed by atoms with Gasteiger partial charge in [0, 0.05) is 20.1 Å². The fraction of sp³-hybridized carbons (Fsp3) is 0.412. The van der Waals surface area contributed by atoms with Gasteiger partial charge in [0.1, 0.15) is 23.3 Å². The quantitative estimate of drug-likeness (QED) is 0.943. The molecule has 0 saturated carbocycles. The monoisotopic (exact) mass is 316 g/mol.